The van der Waals surface area contributed by atoms with Crippen LogP contribution in [0.25, 0.3) is 0 Å². The maximum absolute atomic E-state index is 10.9. The molecule has 0 saturated heterocycles. The molecule has 1 aromatic carbocycles. The summed E-state index contributed by atoms with van der Waals surface area (Å²) in [5.74, 6) is -0.418. The zero-order valence-corrected chi connectivity index (χ0v) is 11.5. The predicted molar refractivity (Wildman–Crippen MR) is 70.9 cm³/mol. The number of primary amides is 1. The normalized spacial score (nSPS) is 10.6. The molecule has 0 bridgehead atoms. The van der Waals surface area contributed by atoms with Gasteiger partial charge in [-0.05, 0) is 28.0 Å². The molecule has 0 atom stereocenters. The van der Waals surface area contributed by atoms with Crippen LogP contribution in [0, 0.1) is 10.1 Å². The van der Waals surface area contributed by atoms with Crippen LogP contribution in [0.1, 0.15) is 12.5 Å². The molecular weight excluding hydrogens is 302 g/mol. The lowest BCUT2D eigenvalue weighted by atomic mass is 10.2. The lowest BCUT2D eigenvalue weighted by Gasteiger charge is -2.19. The van der Waals surface area contributed by atoms with Gasteiger partial charge in [-0.3, -0.25) is 19.8 Å². The van der Waals surface area contributed by atoms with Gasteiger partial charge < -0.3 is 5.73 Å². The van der Waals surface area contributed by atoms with E-state index in [9.17, 15) is 14.9 Å². The molecule has 0 unspecified atom stereocenters. The number of benzene rings is 1. The molecule has 0 heterocycles. The minimum atomic E-state index is -0.446. The van der Waals surface area contributed by atoms with E-state index in [1.54, 1.807) is 12.1 Å². The number of nitro benzene ring substituents is 1. The lowest BCUT2D eigenvalue weighted by molar-refractivity contribution is -0.385. The first-order valence-corrected chi connectivity index (χ1v) is 6.17. The van der Waals surface area contributed by atoms with Gasteiger partial charge in [-0.25, -0.2) is 0 Å². The Hall–Kier alpha value is -1.47. The fourth-order valence-electron chi connectivity index (χ4n) is 1.57. The molecule has 6 nitrogen and oxygen atoms in total. The van der Waals surface area contributed by atoms with E-state index in [4.69, 9.17) is 5.73 Å². The van der Waals surface area contributed by atoms with Gasteiger partial charge in [0.2, 0.25) is 5.91 Å². The summed E-state index contributed by atoms with van der Waals surface area (Å²) in [7, 11) is 0. The Balaban J connectivity index is 2.93. The van der Waals surface area contributed by atoms with Crippen LogP contribution in [0.3, 0.4) is 0 Å². The number of amides is 1. The third-order valence-corrected chi connectivity index (χ3v) is 3.39. The molecule has 0 aliphatic heterocycles. The molecule has 0 aromatic heterocycles. The monoisotopic (exact) mass is 315 g/mol. The van der Waals surface area contributed by atoms with Crippen molar-refractivity contribution in [3.05, 3.63) is 38.3 Å². The van der Waals surface area contributed by atoms with Crippen molar-refractivity contribution in [1.29, 1.82) is 0 Å². The van der Waals surface area contributed by atoms with Crippen LogP contribution in [0.2, 0.25) is 0 Å². The number of nitro groups is 1. The molecule has 2 N–H and O–H groups in total. The van der Waals surface area contributed by atoms with E-state index in [2.05, 4.69) is 15.9 Å². The third kappa shape index (κ3) is 3.78. The smallest absolute Gasteiger partial charge is 0.283 e. The van der Waals surface area contributed by atoms with Crippen molar-refractivity contribution in [1.82, 2.24) is 4.90 Å². The van der Waals surface area contributed by atoms with Gasteiger partial charge in [0, 0.05) is 12.6 Å². The van der Waals surface area contributed by atoms with E-state index in [0.29, 0.717) is 17.6 Å². The van der Waals surface area contributed by atoms with E-state index in [1.807, 2.05) is 11.8 Å². The number of hydrogen-bond donors (Lipinski definition) is 1. The number of rotatable bonds is 6. The number of carbonyl (C=O) groups excluding carboxylic acids is 1. The molecule has 0 aliphatic carbocycles. The Morgan fingerprint density at radius 2 is 2.22 bits per heavy atom. The van der Waals surface area contributed by atoms with Crippen LogP contribution < -0.4 is 5.73 Å². The summed E-state index contributed by atoms with van der Waals surface area (Å²) in [6.45, 7) is 3.10. The zero-order valence-electron chi connectivity index (χ0n) is 9.93. The fraction of sp³-hybridized carbons (Fsp3) is 0.364. The summed E-state index contributed by atoms with van der Waals surface area (Å²) in [6.07, 6.45) is 0. The van der Waals surface area contributed by atoms with Crippen molar-refractivity contribution in [2.75, 3.05) is 13.1 Å². The van der Waals surface area contributed by atoms with Crippen LogP contribution in [-0.2, 0) is 11.3 Å². The summed E-state index contributed by atoms with van der Waals surface area (Å²) in [5, 5.41) is 10.8. The average molecular weight is 316 g/mol. The molecule has 0 aliphatic rings. The maximum Gasteiger partial charge on any atom is 0.283 e. The SMILES string of the molecule is CCN(CC(N)=O)Cc1cccc([N+](=O)[O-])c1Br. The molecule has 0 fully saturated rings. The fourth-order valence-corrected chi connectivity index (χ4v) is 2.10. The highest BCUT2D eigenvalue weighted by Gasteiger charge is 2.16. The molecule has 0 spiro atoms. The molecule has 1 aromatic rings. The Bertz CT molecular complexity index is 465. The first kappa shape index (κ1) is 14.6. The average Bonchev–Trinajstić information content (AvgIpc) is 2.29. The molecule has 0 radical (unpaired) electrons. The second kappa shape index (κ2) is 6.46. The minimum Gasteiger partial charge on any atom is -0.369 e. The number of nitrogens with zero attached hydrogens (tertiary/aromatic N) is 2. The molecule has 18 heavy (non-hydrogen) atoms. The second-order valence-electron chi connectivity index (χ2n) is 3.78. The molecular formula is C11H14BrN3O3. The predicted octanol–water partition coefficient (Wildman–Crippen LogP) is 1.66. The summed E-state index contributed by atoms with van der Waals surface area (Å²) in [4.78, 5) is 23.0. The highest BCUT2D eigenvalue weighted by Crippen LogP contribution is 2.28. The Kier molecular flexibility index (Phi) is 5.24. The lowest BCUT2D eigenvalue weighted by Crippen LogP contribution is -2.33. The Labute approximate surface area is 113 Å². The van der Waals surface area contributed by atoms with Gasteiger partial charge in [-0.2, -0.15) is 0 Å². The van der Waals surface area contributed by atoms with Gasteiger partial charge in [0.25, 0.3) is 5.69 Å². The first-order valence-electron chi connectivity index (χ1n) is 5.38. The van der Waals surface area contributed by atoms with E-state index in [-0.39, 0.29) is 12.2 Å². The van der Waals surface area contributed by atoms with E-state index in [1.165, 1.54) is 6.07 Å². The van der Waals surface area contributed by atoms with Gasteiger partial charge in [0.15, 0.2) is 0 Å². The van der Waals surface area contributed by atoms with Crippen molar-refractivity contribution in [3.63, 3.8) is 0 Å². The van der Waals surface area contributed by atoms with E-state index >= 15 is 0 Å². The van der Waals surface area contributed by atoms with Gasteiger partial charge >= 0.3 is 0 Å². The number of halogens is 1. The second-order valence-corrected chi connectivity index (χ2v) is 4.57. The summed E-state index contributed by atoms with van der Waals surface area (Å²) < 4.78 is 0.443. The zero-order chi connectivity index (χ0) is 13.7. The van der Waals surface area contributed by atoms with Crippen molar-refractivity contribution >= 4 is 27.5 Å². The van der Waals surface area contributed by atoms with Crippen LogP contribution in [-0.4, -0.2) is 28.8 Å². The largest absolute Gasteiger partial charge is 0.369 e. The standard InChI is InChI=1S/C11H14BrN3O3/c1-2-14(7-10(13)16)6-8-4-3-5-9(11(8)12)15(17)18/h3-5H,2,6-7H2,1H3,(H2,13,16). The first-order chi connectivity index (χ1) is 8.45. The molecule has 7 heteroatoms. The van der Waals surface area contributed by atoms with Gasteiger partial charge in [-0.15, -0.1) is 0 Å². The van der Waals surface area contributed by atoms with E-state index < -0.39 is 10.8 Å². The van der Waals surface area contributed by atoms with Crippen LogP contribution >= 0.6 is 15.9 Å². The Morgan fingerprint density at radius 3 is 2.72 bits per heavy atom. The van der Waals surface area contributed by atoms with Crippen LogP contribution in [0.4, 0.5) is 5.69 Å². The minimum absolute atomic E-state index is 0.0163. The van der Waals surface area contributed by atoms with Gasteiger partial charge in [0.1, 0.15) is 0 Å². The molecule has 0 saturated carbocycles. The molecule has 98 valence electrons. The number of nitrogens with two attached hydrogens (primary N) is 1. The van der Waals surface area contributed by atoms with E-state index in [0.717, 1.165) is 5.56 Å². The maximum atomic E-state index is 10.9. The molecule has 1 rings (SSSR count). The van der Waals surface area contributed by atoms with Crippen LogP contribution in [0.15, 0.2) is 22.7 Å². The van der Waals surface area contributed by atoms with Crippen molar-refractivity contribution in [3.8, 4) is 0 Å². The quantitative estimate of drug-likeness (QED) is 0.638. The Morgan fingerprint density at radius 1 is 1.56 bits per heavy atom. The van der Waals surface area contributed by atoms with Crippen molar-refractivity contribution in [2.24, 2.45) is 5.73 Å². The highest BCUT2D eigenvalue weighted by molar-refractivity contribution is 9.10. The summed E-state index contributed by atoms with van der Waals surface area (Å²) in [6, 6.07) is 4.83. The van der Waals surface area contributed by atoms with Crippen LogP contribution in [0.5, 0.6) is 0 Å². The van der Waals surface area contributed by atoms with Gasteiger partial charge in [-0.1, -0.05) is 19.1 Å². The topological polar surface area (TPSA) is 89.5 Å². The van der Waals surface area contributed by atoms with Gasteiger partial charge in [0.05, 0.1) is 15.9 Å². The van der Waals surface area contributed by atoms with Crippen molar-refractivity contribution in [2.45, 2.75) is 13.5 Å². The number of likely N-dealkylation sites (N-methyl/N-ethyl adjacent to an activating group) is 1. The van der Waals surface area contributed by atoms with Crippen molar-refractivity contribution < 1.29 is 9.72 Å². The number of carbonyl (C=O) groups is 1. The third-order valence-electron chi connectivity index (χ3n) is 2.48. The highest BCUT2D eigenvalue weighted by atomic mass is 79.9. The summed E-state index contributed by atoms with van der Waals surface area (Å²) in [5.41, 5.74) is 5.91. The molecule has 1 amide bonds. The number of hydrogen-bond acceptors (Lipinski definition) is 4. The summed E-state index contributed by atoms with van der Waals surface area (Å²) >= 11 is 3.22.